The van der Waals surface area contributed by atoms with Gasteiger partial charge >= 0.3 is 0 Å². The third kappa shape index (κ3) is 3.56. The second-order valence-corrected chi connectivity index (χ2v) is 4.56. The Morgan fingerprint density at radius 3 is 2.79 bits per heavy atom. The maximum absolute atomic E-state index is 5.38. The highest BCUT2D eigenvalue weighted by Gasteiger charge is 1.96. The van der Waals surface area contributed by atoms with Gasteiger partial charge in [0, 0.05) is 11.8 Å². The molecule has 0 aliphatic heterocycles. The van der Waals surface area contributed by atoms with Crippen LogP contribution in [-0.4, -0.2) is 6.21 Å². The van der Waals surface area contributed by atoms with Gasteiger partial charge in [0.05, 0.1) is 5.69 Å². The van der Waals surface area contributed by atoms with Gasteiger partial charge in [0.2, 0.25) is 0 Å². The second-order valence-electron chi connectivity index (χ2n) is 4.56. The summed E-state index contributed by atoms with van der Waals surface area (Å²) in [6, 6.07) is 14.2. The van der Waals surface area contributed by atoms with Crippen LogP contribution < -0.4 is 0 Å². The summed E-state index contributed by atoms with van der Waals surface area (Å²) in [6.45, 7) is 4.27. The van der Waals surface area contributed by atoms with Crippen molar-refractivity contribution >= 4 is 11.9 Å². The summed E-state index contributed by atoms with van der Waals surface area (Å²) in [5.74, 6) is 2.62. The third-order valence-electron chi connectivity index (χ3n) is 2.94. The largest absolute Gasteiger partial charge is 0.256 e. The highest BCUT2D eigenvalue weighted by atomic mass is 14.7. The molecule has 1 heteroatoms. The molecule has 0 heterocycles. The van der Waals surface area contributed by atoms with Gasteiger partial charge in [0.1, 0.15) is 0 Å². The van der Waals surface area contributed by atoms with Crippen molar-refractivity contribution in [1.29, 1.82) is 0 Å². The van der Waals surface area contributed by atoms with Crippen molar-refractivity contribution < 1.29 is 0 Å². The molecule has 0 bridgehead atoms. The molecule has 0 saturated heterocycles. The lowest BCUT2D eigenvalue weighted by Gasteiger charge is -2.02. The summed E-state index contributed by atoms with van der Waals surface area (Å²) in [5.41, 5.74) is 5.46. The molecule has 0 unspecified atom stereocenters. The number of nitrogens with zero attached hydrogens (tertiary/aromatic N) is 1. The van der Waals surface area contributed by atoms with Gasteiger partial charge in [0.25, 0.3) is 0 Å². The minimum atomic E-state index is 0.855. The molecular formula is C18H17N. The summed E-state index contributed by atoms with van der Waals surface area (Å²) >= 11 is 0. The Balaban J connectivity index is 2.27. The molecular weight excluding hydrogens is 230 g/mol. The fraction of sp³-hybridized carbons (Fsp3) is 0.167. The maximum Gasteiger partial charge on any atom is 0.0642 e. The van der Waals surface area contributed by atoms with Crippen molar-refractivity contribution in [3.63, 3.8) is 0 Å². The van der Waals surface area contributed by atoms with E-state index >= 15 is 0 Å². The van der Waals surface area contributed by atoms with E-state index in [4.69, 9.17) is 6.42 Å². The number of aryl methyl sites for hydroxylation is 2. The molecule has 0 amide bonds. The normalized spacial score (nSPS) is 10.6. The van der Waals surface area contributed by atoms with E-state index in [1.54, 1.807) is 0 Å². The number of aliphatic imine (C=N–C) groups is 1. The van der Waals surface area contributed by atoms with Crippen molar-refractivity contribution in [2.45, 2.75) is 20.3 Å². The quantitative estimate of drug-likeness (QED) is 0.567. The van der Waals surface area contributed by atoms with Gasteiger partial charge in [-0.25, -0.2) is 0 Å². The van der Waals surface area contributed by atoms with Crippen LogP contribution in [0, 0.1) is 19.3 Å². The fourth-order valence-electron chi connectivity index (χ4n) is 2.00. The molecule has 2 aromatic rings. The van der Waals surface area contributed by atoms with Crippen molar-refractivity contribution in [3.8, 4) is 12.3 Å². The summed E-state index contributed by atoms with van der Waals surface area (Å²) in [7, 11) is 0. The van der Waals surface area contributed by atoms with E-state index in [0.29, 0.717) is 0 Å². The van der Waals surface area contributed by atoms with Gasteiger partial charge in [-0.2, -0.15) is 0 Å². The minimum absolute atomic E-state index is 0.855. The Hall–Kier alpha value is -2.33. The Morgan fingerprint density at radius 2 is 2.05 bits per heavy atom. The molecule has 0 spiro atoms. The molecule has 0 atom stereocenters. The molecule has 0 N–H and O–H groups in total. The SMILES string of the molecule is C#Cc1cccc(/N=C/c2cc(C)cc(CC)c2)c1. The zero-order chi connectivity index (χ0) is 13.7. The van der Waals surface area contributed by atoms with Crippen LogP contribution in [0.25, 0.3) is 0 Å². The molecule has 94 valence electrons. The van der Waals surface area contributed by atoms with Crippen LogP contribution in [0.5, 0.6) is 0 Å². The topological polar surface area (TPSA) is 12.4 Å². The highest BCUT2D eigenvalue weighted by Crippen LogP contribution is 2.14. The van der Waals surface area contributed by atoms with E-state index in [0.717, 1.165) is 23.2 Å². The van der Waals surface area contributed by atoms with E-state index in [-0.39, 0.29) is 0 Å². The first kappa shape index (κ1) is 13.1. The van der Waals surface area contributed by atoms with Gasteiger partial charge in [-0.3, -0.25) is 4.99 Å². The van der Waals surface area contributed by atoms with E-state index in [9.17, 15) is 0 Å². The van der Waals surface area contributed by atoms with E-state index in [1.165, 1.54) is 11.1 Å². The summed E-state index contributed by atoms with van der Waals surface area (Å²) < 4.78 is 0. The third-order valence-corrected chi connectivity index (χ3v) is 2.94. The monoisotopic (exact) mass is 247 g/mol. The van der Waals surface area contributed by atoms with Crippen molar-refractivity contribution in [3.05, 3.63) is 64.7 Å². The fourth-order valence-corrected chi connectivity index (χ4v) is 2.00. The molecule has 0 fully saturated rings. The van der Waals surface area contributed by atoms with Crippen LogP contribution in [0.4, 0.5) is 5.69 Å². The number of hydrogen-bond acceptors (Lipinski definition) is 1. The number of rotatable bonds is 3. The lowest BCUT2D eigenvalue weighted by atomic mass is 10.1. The van der Waals surface area contributed by atoms with Gasteiger partial charge in [-0.1, -0.05) is 42.7 Å². The van der Waals surface area contributed by atoms with Crippen LogP contribution in [-0.2, 0) is 6.42 Å². The van der Waals surface area contributed by atoms with E-state index in [1.807, 2.05) is 30.5 Å². The second kappa shape index (κ2) is 6.02. The van der Waals surface area contributed by atoms with Gasteiger partial charge in [-0.15, -0.1) is 6.42 Å². The first-order valence-corrected chi connectivity index (χ1v) is 6.42. The molecule has 0 aliphatic rings. The van der Waals surface area contributed by atoms with Gasteiger partial charge in [0.15, 0.2) is 0 Å². The summed E-state index contributed by atoms with van der Waals surface area (Å²) in [6.07, 6.45) is 8.31. The first-order valence-electron chi connectivity index (χ1n) is 6.42. The van der Waals surface area contributed by atoms with Crippen LogP contribution in [0.15, 0.2) is 47.5 Å². The molecule has 0 saturated carbocycles. The van der Waals surface area contributed by atoms with Crippen molar-refractivity contribution in [1.82, 2.24) is 0 Å². The zero-order valence-corrected chi connectivity index (χ0v) is 11.4. The summed E-state index contributed by atoms with van der Waals surface area (Å²) in [4.78, 5) is 4.48. The maximum atomic E-state index is 5.38. The van der Waals surface area contributed by atoms with Crippen molar-refractivity contribution in [2.24, 2.45) is 4.99 Å². The summed E-state index contributed by atoms with van der Waals surface area (Å²) in [5, 5.41) is 0. The van der Waals surface area contributed by atoms with Crippen LogP contribution in [0.1, 0.15) is 29.2 Å². The Bertz CT molecular complexity index is 645. The highest BCUT2D eigenvalue weighted by molar-refractivity contribution is 5.82. The number of hydrogen-bond donors (Lipinski definition) is 0. The van der Waals surface area contributed by atoms with Gasteiger partial charge < -0.3 is 0 Å². The molecule has 0 radical (unpaired) electrons. The molecule has 19 heavy (non-hydrogen) atoms. The lowest BCUT2D eigenvalue weighted by Crippen LogP contribution is -1.88. The number of terminal acetylenes is 1. The Kier molecular flexibility index (Phi) is 4.15. The first-order chi connectivity index (χ1) is 9.21. The van der Waals surface area contributed by atoms with Crippen molar-refractivity contribution in [2.75, 3.05) is 0 Å². The molecule has 2 aromatic carbocycles. The standard InChI is InChI=1S/C18H17N/c1-4-15-7-6-8-18(12-15)19-13-17-10-14(3)9-16(5-2)11-17/h1,6-13H,5H2,2-3H3/b19-13+. The number of benzene rings is 2. The molecule has 1 nitrogen and oxygen atoms in total. The Labute approximate surface area is 115 Å². The van der Waals surface area contributed by atoms with Gasteiger partial charge in [-0.05, 0) is 42.7 Å². The predicted molar refractivity (Wildman–Crippen MR) is 82.2 cm³/mol. The van der Waals surface area contributed by atoms with Crippen LogP contribution in [0.2, 0.25) is 0 Å². The predicted octanol–water partition coefficient (Wildman–Crippen LogP) is 4.29. The minimum Gasteiger partial charge on any atom is -0.256 e. The lowest BCUT2D eigenvalue weighted by molar-refractivity contribution is 1.13. The molecule has 0 aromatic heterocycles. The van der Waals surface area contributed by atoms with Crippen LogP contribution >= 0.6 is 0 Å². The zero-order valence-electron chi connectivity index (χ0n) is 11.4. The molecule has 2 rings (SSSR count). The average Bonchev–Trinajstić information content (AvgIpc) is 2.44. The smallest absolute Gasteiger partial charge is 0.0642 e. The van der Waals surface area contributed by atoms with Crippen LogP contribution in [0.3, 0.4) is 0 Å². The van der Waals surface area contributed by atoms with E-state index in [2.05, 4.69) is 43.0 Å². The molecule has 0 aliphatic carbocycles. The van der Waals surface area contributed by atoms with E-state index < -0.39 is 0 Å². The average molecular weight is 247 g/mol. The Morgan fingerprint density at radius 1 is 1.21 bits per heavy atom.